The normalized spacial score (nSPS) is 10.9. The molecule has 1 unspecified atom stereocenters. The zero-order chi connectivity index (χ0) is 24.8. The average molecular weight is 480 g/mol. The van der Waals surface area contributed by atoms with Crippen molar-refractivity contribution in [3.05, 3.63) is 96.8 Å². The van der Waals surface area contributed by atoms with Crippen molar-refractivity contribution in [2.24, 2.45) is 0 Å². The average Bonchev–Trinajstić information content (AvgIpc) is 2.84. The molecular weight excluding hydrogens is 445 g/mol. The summed E-state index contributed by atoms with van der Waals surface area (Å²) < 4.78 is 5.81. The first-order valence-corrected chi connectivity index (χ1v) is 12.3. The summed E-state index contributed by atoms with van der Waals surface area (Å²) in [6.07, 6.45) is 0.797. The summed E-state index contributed by atoms with van der Waals surface area (Å²) in [7, 11) is 3.08. The number of nitrogen functional groups attached to an aromatic ring is 2. The number of nitrogens with one attached hydrogen (secondary N) is 2. The Bertz CT molecular complexity index is 996. The van der Waals surface area contributed by atoms with E-state index in [4.69, 9.17) is 16.0 Å². The van der Waals surface area contributed by atoms with Gasteiger partial charge in [0.1, 0.15) is 5.75 Å². The van der Waals surface area contributed by atoms with Crippen molar-refractivity contribution in [2.75, 3.05) is 43.6 Å². The van der Waals surface area contributed by atoms with Gasteiger partial charge in [-0.1, -0.05) is 24.8 Å². The Morgan fingerprint density at radius 3 is 2.09 bits per heavy atom. The third-order valence-corrected chi connectivity index (χ3v) is 5.88. The molecule has 3 aromatic carbocycles. The zero-order valence-electron chi connectivity index (χ0n) is 19.8. The third-order valence-electron chi connectivity index (χ3n) is 4.60. The van der Waals surface area contributed by atoms with Gasteiger partial charge in [0.25, 0.3) is 5.91 Å². The van der Waals surface area contributed by atoms with Crippen LogP contribution in [0.15, 0.2) is 91.3 Å². The van der Waals surface area contributed by atoms with Crippen molar-refractivity contribution in [2.45, 2.75) is 6.42 Å². The molecule has 0 aromatic heterocycles. The number of benzene rings is 3. The fourth-order valence-electron chi connectivity index (χ4n) is 2.72. The van der Waals surface area contributed by atoms with Crippen LogP contribution < -0.4 is 31.3 Å². The van der Waals surface area contributed by atoms with Crippen molar-refractivity contribution in [1.82, 2.24) is 10.4 Å². The van der Waals surface area contributed by atoms with Crippen molar-refractivity contribution >= 4 is 31.3 Å². The van der Waals surface area contributed by atoms with Crippen molar-refractivity contribution < 1.29 is 9.32 Å². The lowest BCUT2D eigenvalue weighted by Crippen LogP contribution is -2.26. The molecule has 0 saturated carbocycles. The number of nitrogens with two attached hydrogens (primary N) is 2. The van der Waals surface area contributed by atoms with Crippen LogP contribution in [0.2, 0.25) is 0 Å². The molecule has 1 atom stereocenters. The highest BCUT2D eigenvalue weighted by atomic mass is 31.2. The monoisotopic (exact) mass is 479 g/mol. The number of nitrogens with zero attached hydrogens (tertiary/aromatic N) is 1. The molecule has 8 heteroatoms. The van der Waals surface area contributed by atoms with Gasteiger partial charge >= 0.3 is 0 Å². The highest BCUT2D eigenvalue weighted by Gasteiger charge is 2.07. The number of rotatable bonds is 10. The van der Waals surface area contributed by atoms with Gasteiger partial charge in [-0.3, -0.25) is 9.88 Å². The van der Waals surface area contributed by atoms with Crippen LogP contribution in [0.25, 0.3) is 0 Å². The van der Waals surface area contributed by atoms with E-state index in [-0.39, 0.29) is 5.91 Å². The van der Waals surface area contributed by atoms with Crippen LogP contribution in [0, 0.1) is 0 Å². The lowest BCUT2D eigenvalue weighted by Gasteiger charge is -2.15. The molecule has 3 rings (SSSR count). The van der Waals surface area contributed by atoms with Crippen molar-refractivity contribution in [1.29, 1.82) is 0 Å². The van der Waals surface area contributed by atoms with Crippen LogP contribution in [-0.2, 0) is 0 Å². The highest BCUT2D eigenvalue weighted by Crippen LogP contribution is 2.34. The van der Waals surface area contributed by atoms with E-state index in [1.165, 1.54) is 5.69 Å². The number of amides is 1. The molecule has 3 aromatic rings. The number of para-hydroxylation sites is 1. The molecule has 0 heterocycles. The molecule has 34 heavy (non-hydrogen) atoms. The van der Waals surface area contributed by atoms with E-state index in [0.717, 1.165) is 24.4 Å². The highest BCUT2D eigenvalue weighted by molar-refractivity contribution is 7.54. The lowest BCUT2D eigenvalue weighted by molar-refractivity contribution is 0.0953. The van der Waals surface area contributed by atoms with E-state index in [0.29, 0.717) is 17.8 Å². The van der Waals surface area contributed by atoms with Gasteiger partial charge in [-0.25, -0.2) is 0 Å². The van der Waals surface area contributed by atoms with Crippen LogP contribution in [0.4, 0.5) is 17.1 Å². The molecule has 180 valence electrons. The maximum atomic E-state index is 11.9. The van der Waals surface area contributed by atoms with Crippen LogP contribution in [-0.4, -0.2) is 33.1 Å². The molecule has 0 fully saturated rings. The quantitative estimate of drug-likeness (QED) is 0.188. The second-order valence-corrected chi connectivity index (χ2v) is 9.05. The Balaban J connectivity index is 0.000000340. The number of carbonyl (C=O) groups excluding carboxylic acids is 1. The summed E-state index contributed by atoms with van der Waals surface area (Å²) in [5.74, 6) is 2.49. The van der Waals surface area contributed by atoms with Gasteiger partial charge in [-0.15, -0.1) is 0 Å². The summed E-state index contributed by atoms with van der Waals surface area (Å²) in [6.45, 7) is 5.11. The predicted molar refractivity (Wildman–Crippen MR) is 145 cm³/mol. The molecule has 7 nitrogen and oxygen atoms in total. The summed E-state index contributed by atoms with van der Waals surface area (Å²) in [6, 6.07) is 24.3. The Hall–Kier alpha value is -3.54. The number of carbonyl (C=O) groups is 1. The fraction of sp³-hybridized carbons (Fsp3) is 0.192. The number of anilines is 3. The summed E-state index contributed by atoms with van der Waals surface area (Å²) in [5.41, 5.74) is 14.4. The first-order valence-electron chi connectivity index (χ1n) is 10.9. The topological polar surface area (TPSA) is 106 Å². The lowest BCUT2D eigenvalue weighted by atomic mass is 10.2. The number of hydrogen-bond donors (Lipinski definition) is 4. The molecule has 0 radical (unpaired) electrons. The van der Waals surface area contributed by atoms with Crippen molar-refractivity contribution in [3.8, 4) is 5.75 Å². The van der Waals surface area contributed by atoms with Gasteiger partial charge < -0.3 is 26.2 Å². The summed E-state index contributed by atoms with van der Waals surface area (Å²) in [5, 5.41) is 6.18. The molecule has 0 aliphatic heterocycles. The molecule has 0 aliphatic rings. The van der Waals surface area contributed by atoms with Crippen LogP contribution in [0.1, 0.15) is 16.8 Å². The van der Waals surface area contributed by atoms with E-state index in [1.54, 1.807) is 30.1 Å². The minimum Gasteiger partial charge on any atom is -0.455 e. The maximum Gasteiger partial charge on any atom is 0.251 e. The molecule has 6 N–H and O–H groups in total. The molecule has 1 amide bonds. The Labute approximate surface area is 203 Å². The minimum absolute atomic E-state index is 0.0958. The molecule has 0 bridgehead atoms. The van der Waals surface area contributed by atoms with Gasteiger partial charge in [-0.2, -0.15) is 0 Å². The SMILES string of the molecule is C=CP(NCCCNC(=O)c1ccc(N)cc1)Oc1ccccc1.CN(C)c1ccc(N)cc1. The van der Waals surface area contributed by atoms with E-state index in [9.17, 15) is 4.79 Å². The zero-order valence-corrected chi connectivity index (χ0v) is 20.7. The van der Waals surface area contributed by atoms with Gasteiger partial charge in [0.15, 0.2) is 8.30 Å². The molecule has 0 spiro atoms. The van der Waals surface area contributed by atoms with Crippen molar-refractivity contribution in [3.63, 3.8) is 0 Å². The van der Waals surface area contributed by atoms with Gasteiger partial charge in [-0.05, 0) is 72.9 Å². The van der Waals surface area contributed by atoms with Gasteiger partial charge in [0.05, 0.1) is 0 Å². The second kappa shape index (κ2) is 14.6. The van der Waals surface area contributed by atoms with E-state index < -0.39 is 8.30 Å². The molecule has 0 aliphatic carbocycles. The van der Waals surface area contributed by atoms with Crippen LogP contribution in [0.3, 0.4) is 0 Å². The maximum absolute atomic E-state index is 11.9. The van der Waals surface area contributed by atoms with Gasteiger partial charge in [0, 0.05) is 49.8 Å². The standard InChI is InChI=1S/C18H22N3O2P.C8H12N2/c1-2-24(23-17-7-4-3-5-8-17)21-14-6-13-20-18(22)15-9-11-16(19)12-10-15;1-10(2)8-5-3-7(9)4-6-8/h2-5,7-12,21H,1,6,13-14,19H2,(H,20,22);3-6H,9H2,1-2H3. The smallest absolute Gasteiger partial charge is 0.251 e. The fourth-order valence-corrected chi connectivity index (χ4v) is 3.71. The van der Waals surface area contributed by atoms with E-state index >= 15 is 0 Å². The largest absolute Gasteiger partial charge is 0.455 e. The van der Waals surface area contributed by atoms with Crippen LogP contribution >= 0.6 is 8.30 Å². The van der Waals surface area contributed by atoms with Crippen LogP contribution in [0.5, 0.6) is 5.75 Å². The van der Waals surface area contributed by atoms with Gasteiger partial charge in [0.2, 0.25) is 0 Å². The molecule has 0 saturated heterocycles. The summed E-state index contributed by atoms with van der Waals surface area (Å²) in [4.78, 5) is 14.0. The minimum atomic E-state index is -0.927. The summed E-state index contributed by atoms with van der Waals surface area (Å²) >= 11 is 0. The third kappa shape index (κ3) is 9.94. The number of hydrogen-bond acceptors (Lipinski definition) is 6. The Morgan fingerprint density at radius 1 is 0.941 bits per heavy atom. The Morgan fingerprint density at radius 2 is 1.53 bits per heavy atom. The molecular formula is C26H34N5O2P. The first-order chi connectivity index (χ1) is 16.4. The second-order valence-electron chi connectivity index (χ2n) is 7.54. The predicted octanol–water partition coefficient (Wildman–Crippen LogP) is 4.85. The van der Waals surface area contributed by atoms with E-state index in [2.05, 4.69) is 17.0 Å². The van der Waals surface area contributed by atoms with E-state index in [1.807, 2.05) is 73.6 Å². The first kappa shape index (κ1) is 26.7. The Kier molecular flexibility index (Phi) is 11.5.